The summed E-state index contributed by atoms with van der Waals surface area (Å²) >= 11 is 0. The fourth-order valence-electron chi connectivity index (χ4n) is 8.39. The van der Waals surface area contributed by atoms with Crippen LogP contribution in [-0.2, 0) is 28.6 Å². The molecule has 0 spiro atoms. The number of rotatable bonds is 53. The summed E-state index contributed by atoms with van der Waals surface area (Å²) in [7, 11) is 0. The summed E-state index contributed by atoms with van der Waals surface area (Å²) in [6.45, 7) is 6.61. The van der Waals surface area contributed by atoms with Crippen LogP contribution in [-0.4, -0.2) is 37.2 Å². The fraction of sp³-hybridized carbons (Fsp3) is 0.820. The first-order chi connectivity index (χ1) is 33.0. The Hall–Kier alpha value is -2.63. The predicted octanol–water partition coefficient (Wildman–Crippen LogP) is 19.4. The molecule has 67 heavy (non-hydrogen) atoms. The molecule has 0 aliphatic heterocycles. The summed E-state index contributed by atoms with van der Waals surface area (Å²) < 4.78 is 16.9. The van der Waals surface area contributed by atoms with E-state index in [4.69, 9.17) is 14.2 Å². The number of hydrogen-bond donors (Lipinski definition) is 0. The zero-order valence-electron chi connectivity index (χ0n) is 44.7. The van der Waals surface area contributed by atoms with Gasteiger partial charge in [0, 0.05) is 19.3 Å². The number of carbonyl (C=O) groups excluding carboxylic acids is 3. The Morgan fingerprint density at radius 3 is 0.851 bits per heavy atom. The third kappa shape index (κ3) is 54.2. The molecule has 6 nitrogen and oxygen atoms in total. The smallest absolute Gasteiger partial charge is 0.306 e. The van der Waals surface area contributed by atoms with Crippen molar-refractivity contribution < 1.29 is 28.6 Å². The van der Waals surface area contributed by atoms with Gasteiger partial charge < -0.3 is 14.2 Å². The zero-order chi connectivity index (χ0) is 48.6. The van der Waals surface area contributed by atoms with Crippen molar-refractivity contribution in [3.63, 3.8) is 0 Å². The minimum Gasteiger partial charge on any atom is -0.462 e. The summed E-state index contributed by atoms with van der Waals surface area (Å²) in [6, 6.07) is 0. The van der Waals surface area contributed by atoms with Crippen molar-refractivity contribution >= 4 is 17.9 Å². The fourth-order valence-corrected chi connectivity index (χ4v) is 8.39. The van der Waals surface area contributed by atoms with E-state index in [-0.39, 0.29) is 31.1 Å². The standard InChI is InChI=1S/C61H110O6/c1-4-7-10-13-16-19-22-25-28-30-33-36-39-42-45-48-51-54-60(63)66-57-58(56-65-59(62)53-50-47-44-41-38-35-32-27-24-21-18-15-12-9-6-3)67-61(64)55-52-49-46-43-40-37-34-31-29-26-23-20-17-14-11-8-5-2/h16,18-19,21,25,27-28,32,58H,4-15,17,20,22-24,26,29-31,33-57H2,1-3H3/b19-16-,21-18-,28-25-,32-27-/t58-/m1/s1. The maximum atomic E-state index is 12.9. The molecule has 0 aromatic carbocycles. The second-order valence-electron chi connectivity index (χ2n) is 19.6. The molecule has 0 radical (unpaired) electrons. The molecule has 0 rings (SSSR count). The lowest BCUT2D eigenvalue weighted by molar-refractivity contribution is -0.167. The lowest BCUT2D eigenvalue weighted by atomic mass is 10.0. The van der Waals surface area contributed by atoms with Crippen LogP contribution in [0.2, 0.25) is 0 Å². The van der Waals surface area contributed by atoms with Gasteiger partial charge in [0.25, 0.3) is 0 Å². The van der Waals surface area contributed by atoms with Crippen LogP contribution >= 0.6 is 0 Å². The summed E-state index contributed by atoms with van der Waals surface area (Å²) in [5.74, 6) is -0.884. The highest BCUT2D eigenvalue weighted by molar-refractivity contribution is 5.71. The van der Waals surface area contributed by atoms with Crippen LogP contribution in [0.5, 0.6) is 0 Å². The molecule has 0 saturated heterocycles. The maximum Gasteiger partial charge on any atom is 0.306 e. The van der Waals surface area contributed by atoms with Crippen molar-refractivity contribution in [3.8, 4) is 0 Å². The molecule has 390 valence electrons. The number of esters is 3. The van der Waals surface area contributed by atoms with E-state index in [0.29, 0.717) is 19.3 Å². The van der Waals surface area contributed by atoms with E-state index in [1.54, 1.807) is 0 Å². The first-order valence-electron chi connectivity index (χ1n) is 29.1. The normalized spacial score (nSPS) is 12.3. The lowest BCUT2D eigenvalue weighted by Gasteiger charge is -2.18. The summed E-state index contributed by atoms with van der Waals surface area (Å²) in [5.41, 5.74) is 0. The van der Waals surface area contributed by atoms with Gasteiger partial charge in [0.05, 0.1) is 0 Å². The van der Waals surface area contributed by atoms with Crippen molar-refractivity contribution in [2.75, 3.05) is 13.2 Å². The minimum absolute atomic E-state index is 0.0791. The zero-order valence-corrected chi connectivity index (χ0v) is 44.7. The quantitative estimate of drug-likeness (QED) is 0.0262. The van der Waals surface area contributed by atoms with Crippen LogP contribution in [0.3, 0.4) is 0 Å². The molecule has 0 aliphatic rings. The Morgan fingerprint density at radius 2 is 0.537 bits per heavy atom. The van der Waals surface area contributed by atoms with Crippen molar-refractivity contribution in [1.82, 2.24) is 0 Å². The molecule has 0 amide bonds. The van der Waals surface area contributed by atoms with Crippen LogP contribution in [0.15, 0.2) is 48.6 Å². The summed E-state index contributed by atoms with van der Waals surface area (Å²) in [6.07, 6.45) is 68.1. The van der Waals surface area contributed by atoms with Gasteiger partial charge in [-0.2, -0.15) is 0 Å². The van der Waals surface area contributed by atoms with Gasteiger partial charge in [-0.25, -0.2) is 0 Å². The molecule has 0 saturated carbocycles. The third-order valence-electron chi connectivity index (χ3n) is 12.8. The van der Waals surface area contributed by atoms with E-state index in [9.17, 15) is 14.4 Å². The van der Waals surface area contributed by atoms with E-state index in [0.717, 1.165) is 89.9 Å². The molecular weight excluding hydrogens is 829 g/mol. The van der Waals surface area contributed by atoms with Crippen molar-refractivity contribution in [2.45, 2.75) is 309 Å². The first kappa shape index (κ1) is 64.4. The average molecular weight is 940 g/mol. The van der Waals surface area contributed by atoms with E-state index < -0.39 is 6.10 Å². The topological polar surface area (TPSA) is 78.9 Å². The molecule has 0 aromatic heterocycles. The first-order valence-corrected chi connectivity index (χ1v) is 29.1. The second-order valence-corrected chi connectivity index (χ2v) is 19.6. The molecule has 0 heterocycles. The highest BCUT2D eigenvalue weighted by Crippen LogP contribution is 2.16. The van der Waals surface area contributed by atoms with Gasteiger partial charge in [-0.15, -0.1) is 0 Å². The summed E-state index contributed by atoms with van der Waals surface area (Å²) in [5, 5.41) is 0. The van der Waals surface area contributed by atoms with Crippen LogP contribution in [0.25, 0.3) is 0 Å². The maximum absolute atomic E-state index is 12.9. The SMILES string of the molecule is CCCCC/C=C\C/C=C\CCCCCCCCCC(=O)OC[C@@H](COC(=O)CCCCCCC/C=C\C/C=C\CCCCC)OC(=O)CCCCCCCCCCCCCCCCCCC. The van der Waals surface area contributed by atoms with Gasteiger partial charge in [-0.1, -0.05) is 249 Å². The number of carbonyl (C=O) groups is 3. The Labute approximate surface area is 416 Å². The predicted molar refractivity (Wildman–Crippen MR) is 289 cm³/mol. The van der Waals surface area contributed by atoms with E-state index in [2.05, 4.69) is 69.4 Å². The molecule has 0 bridgehead atoms. The largest absolute Gasteiger partial charge is 0.462 e. The highest BCUT2D eigenvalue weighted by Gasteiger charge is 2.19. The van der Waals surface area contributed by atoms with E-state index in [1.807, 2.05) is 0 Å². The molecule has 0 fully saturated rings. The second kappa shape index (κ2) is 56.0. The molecule has 0 unspecified atom stereocenters. The number of unbranched alkanes of at least 4 members (excludes halogenated alkanes) is 34. The molecule has 0 N–H and O–H groups in total. The van der Waals surface area contributed by atoms with Crippen LogP contribution in [0.4, 0.5) is 0 Å². The van der Waals surface area contributed by atoms with Crippen molar-refractivity contribution in [1.29, 1.82) is 0 Å². The molecule has 0 aromatic rings. The van der Waals surface area contributed by atoms with Crippen molar-refractivity contribution in [2.24, 2.45) is 0 Å². The lowest BCUT2D eigenvalue weighted by Crippen LogP contribution is -2.30. The average Bonchev–Trinajstić information content (AvgIpc) is 3.33. The van der Waals surface area contributed by atoms with Gasteiger partial charge in [0.15, 0.2) is 6.10 Å². The number of allylic oxidation sites excluding steroid dienone is 8. The molecular formula is C61H110O6. The van der Waals surface area contributed by atoms with Gasteiger partial charge in [0.1, 0.15) is 13.2 Å². The van der Waals surface area contributed by atoms with Gasteiger partial charge in [-0.05, 0) is 83.5 Å². The highest BCUT2D eigenvalue weighted by atomic mass is 16.6. The van der Waals surface area contributed by atoms with Crippen LogP contribution < -0.4 is 0 Å². The van der Waals surface area contributed by atoms with Crippen LogP contribution in [0.1, 0.15) is 303 Å². The van der Waals surface area contributed by atoms with Crippen molar-refractivity contribution in [3.05, 3.63) is 48.6 Å². The number of hydrogen-bond acceptors (Lipinski definition) is 6. The van der Waals surface area contributed by atoms with E-state index >= 15 is 0 Å². The third-order valence-corrected chi connectivity index (χ3v) is 12.8. The molecule has 1 atom stereocenters. The van der Waals surface area contributed by atoms with Gasteiger partial charge in [0.2, 0.25) is 0 Å². The summed E-state index contributed by atoms with van der Waals surface area (Å²) in [4.78, 5) is 38.2. The van der Waals surface area contributed by atoms with E-state index in [1.165, 1.54) is 173 Å². The Morgan fingerprint density at radius 1 is 0.299 bits per heavy atom. The Bertz CT molecular complexity index is 1170. The minimum atomic E-state index is -0.780. The molecule has 0 aliphatic carbocycles. The Balaban J connectivity index is 4.38. The number of ether oxygens (including phenoxy) is 3. The molecule has 6 heteroatoms. The monoisotopic (exact) mass is 939 g/mol. The Kier molecular flexibility index (Phi) is 53.8. The van der Waals surface area contributed by atoms with Gasteiger partial charge >= 0.3 is 17.9 Å². The van der Waals surface area contributed by atoms with Gasteiger partial charge in [-0.3, -0.25) is 14.4 Å². The van der Waals surface area contributed by atoms with Crippen LogP contribution in [0, 0.1) is 0 Å².